The van der Waals surface area contributed by atoms with Gasteiger partial charge in [0.25, 0.3) is 5.56 Å². The molecule has 21 heavy (non-hydrogen) atoms. The molecule has 2 aromatic rings. The fraction of sp³-hybridized carbons (Fsp3) is 0.154. The number of nitrogens with one attached hydrogen (secondary N) is 1. The van der Waals surface area contributed by atoms with Crippen molar-refractivity contribution in [3.05, 3.63) is 58.0 Å². The molecule has 0 bridgehead atoms. The average molecular weight is 307 g/mol. The zero-order valence-electron chi connectivity index (χ0n) is 10.1. The van der Waals surface area contributed by atoms with Crippen molar-refractivity contribution in [2.75, 3.05) is 0 Å². The Morgan fingerprint density at radius 2 is 1.33 bits per heavy atom. The largest absolute Gasteiger partial charge is 0.417 e. The molecule has 0 aliphatic heterocycles. The van der Waals surface area contributed by atoms with Gasteiger partial charge in [0.15, 0.2) is 0 Å². The lowest BCUT2D eigenvalue weighted by molar-refractivity contribution is -0.138. The van der Waals surface area contributed by atoms with Gasteiger partial charge < -0.3 is 4.98 Å². The zero-order chi connectivity index (χ0) is 15.8. The van der Waals surface area contributed by atoms with Crippen LogP contribution in [0.5, 0.6) is 0 Å². The van der Waals surface area contributed by atoms with Crippen molar-refractivity contribution in [1.29, 1.82) is 0 Å². The van der Waals surface area contributed by atoms with E-state index in [1.54, 1.807) is 0 Å². The molecule has 0 aliphatic carbocycles. The summed E-state index contributed by atoms with van der Waals surface area (Å²) in [4.78, 5) is 13.5. The number of halogens is 6. The van der Waals surface area contributed by atoms with Gasteiger partial charge in [0.05, 0.1) is 11.1 Å². The molecule has 0 unspecified atom stereocenters. The maximum Gasteiger partial charge on any atom is 0.417 e. The third-order valence-corrected chi connectivity index (χ3v) is 2.75. The summed E-state index contributed by atoms with van der Waals surface area (Å²) in [5, 5.41) is 0. The number of rotatable bonds is 1. The van der Waals surface area contributed by atoms with E-state index in [0.29, 0.717) is 24.4 Å². The van der Waals surface area contributed by atoms with Gasteiger partial charge >= 0.3 is 12.4 Å². The number of alkyl halides is 6. The molecule has 1 aromatic carbocycles. The van der Waals surface area contributed by atoms with E-state index in [1.807, 2.05) is 4.98 Å². The number of aromatic amines is 1. The molecule has 0 aliphatic rings. The van der Waals surface area contributed by atoms with Crippen molar-refractivity contribution in [2.45, 2.75) is 12.4 Å². The second-order valence-electron chi connectivity index (χ2n) is 4.20. The smallest absolute Gasteiger partial charge is 0.328 e. The number of pyridine rings is 1. The number of hydrogen-bond acceptors (Lipinski definition) is 1. The van der Waals surface area contributed by atoms with Gasteiger partial charge in [-0.05, 0) is 23.8 Å². The molecule has 1 heterocycles. The Balaban J connectivity index is 2.49. The first-order chi connectivity index (χ1) is 9.59. The average Bonchev–Trinajstić information content (AvgIpc) is 2.37. The maximum atomic E-state index is 12.6. The van der Waals surface area contributed by atoms with Crippen LogP contribution in [0.4, 0.5) is 26.3 Å². The summed E-state index contributed by atoms with van der Waals surface area (Å²) in [6.07, 6.45) is -8.71. The summed E-state index contributed by atoms with van der Waals surface area (Å²) in [5.41, 5.74) is -3.23. The van der Waals surface area contributed by atoms with E-state index in [0.717, 1.165) is 12.1 Å². The first-order valence-corrected chi connectivity index (χ1v) is 5.56. The van der Waals surface area contributed by atoms with Crippen LogP contribution in [0.3, 0.4) is 0 Å². The van der Waals surface area contributed by atoms with Crippen molar-refractivity contribution < 1.29 is 26.3 Å². The summed E-state index contributed by atoms with van der Waals surface area (Å²) in [5.74, 6) is 0. The summed E-state index contributed by atoms with van der Waals surface area (Å²) in [7, 11) is 0. The van der Waals surface area contributed by atoms with E-state index in [4.69, 9.17) is 0 Å². The standard InChI is InChI=1S/C13H7F6NO/c14-12(15,16)8-3-1-7(2-4-8)10-5-9(13(17,18)19)6-20-11(10)21/h1-6H,(H,20,21). The number of H-pyrrole nitrogens is 1. The van der Waals surface area contributed by atoms with Crippen molar-refractivity contribution in [2.24, 2.45) is 0 Å². The molecule has 0 radical (unpaired) electrons. The monoisotopic (exact) mass is 307 g/mol. The highest BCUT2D eigenvalue weighted by Crippen LogP contribution is 2.32. The molecule has 2 rings (SSSR count). The van der Waals surface area contributed by atoms with E-state index in [2.05, 4.69) is 0 Å². The van der Waals surface area contributed by atoms with Crippen LogP contribution >= 0.6 is 0 Å². The molecular weight excluding hydrogens is 300 g/mol. The number of hydrogen-bond donors (Lipinski definition) is 1. The van der Waals surface area contributed by atoms with Gasteiger partial charge in [-0.2, -0.15) is 26.3 Å². The minimum absolute atomic E-state index is 0.0321. The fourth-order valence-corrected chi connectivity index (χ4v) is 1.70. The highest BCUT2D eigenvalue weighted by molar-refractivity contribution is 5.63. The van der Waals surface area contributed by atoms with Gasteiger partial charge in [0, 0.05) is 11.8 Å². The van der Waals surface area contributed by atoms with Crippen molar-refractivity contribution in [3.8, 4) is 11.1 Å². The topological polar surface area (TPSA) is 32.9 Å². The Morgan fingerprint density at radius 3 is 1.81 bits per heavy atom. The number of benzene rings is 1. The quantitative estimate of drug-likeness (QED) is 0.791. The van der Waals surface area contributed by atoms with Crippen molar-refractivity contribution in [1.82, 2.24) is 4.98 Å². The molecule has 112 valence electrons. The number of aromatic nitrogens is 1. The van der Waals surface area contributed by atoms with Gasteiger partial charge in [-0.3, -0.25) is 4.79 Å². The Morgan fingerprint density at radius 1 is 0.810 bits per heavy atom. The van der Waals surface area contributed by atoms with E-state index in [-0.39, 0.29) is 11.1 Å². The molecule has 1 aromatic heterocycles. The molecule has 0 atom stereocenters. The maximum absolute atomic E-state index is 12.6. The molecule has 0 saturated carbocycles. The Kier molecular flexibility index (Phi) is 3.56. The SMILES string of the molecule is O=c1[nH]cc(C(F)(F)F)cc1-c1ccc(C(F)(F)F)cc1. The van der Waals surface area contributed by atoms with Gasteiger partial charge in [0.1, 0.15) is 0 Å². The Bertz CT molecular complexity index is 696. The van der Waals surface area contributed by atoms with Gasteiger partial charge in [-0.25, -0.2) is 0 Å². The Labute approximate surface area is 114 Å². The van der Waals surface area contributed by atoms with Gasteiger partial charge in [0.2, 0.25) is 0 Å². The molecule has 1 N–H and O–H groups in total. The third-order valence-electron chi connectivity index (χ3n) is 2.75. The lowest BCUT2D eigenvalue weighted by Gasteiger charge is -2.09. The lowest BCUT2D eigenvalue weighted by Crippen LogP contribution is -2.14. The molecule has 0 amide bonds. The first kappa shape index (κ1) is 15.1. The highest BCUT2D eigenvalue weighted by atomic mass is 19.4. The van der Waals surface area contributed by atoms with Crippen LogP contribution < -0.4 is 5.56 Å². The second kappa shape index (κ2) is 4.94. The predicted octanol–water partition coefficient (Wildman–Crippen LogP) is 4.08. The van der Waals surface area contributed by atoms with Crippen LogP contribution in [-0.4, -0.2) is 4.98 Å². The summed E-state index contributed by atoms with van der Waals surface area (Å²) in [6.45, 7) is 0. The van der Waals surface area contributed by atoms with Crippen molar-refractivity contribution >= 4 is 0 Å². The van der Waals surface area contributed by atoms with Crippen LogP contribution in [0.1, 0.15) is 11.1 Å². The van der Waals surface area contributed by atoms with E-state index >= 15 is 0 Å². The van der Waals surface area contributed by atoms with Crippen LogP contribution in [0.15, 0.2) is 41.3 Å². The van der Waals surface area contributed by atoms with Crippen LogP contribution in [0.2, 0.25) is 0 Å². The fourth-order valence-electron chi connectivity index (χ4n) is 1.70. The minimum atomic E-state index is -4.66. The molecule has 0 saturated heterocycles. The summed E-state index contributed by atoms with van der Waals surface area (Å²) in [6, 6.07) is 3.91. The predicted molar refractivity (Wildman–Crippen MR) is 62.5 cm³/mol. The minimum Gasteiger partial charge on any atom is -0.328 e. The van der Waals surface area contributed by atoms with Gasteiger partial charge in [-0.15, -0.1) is 0 Å². The molecule has 2 nitrogen and oxygen atoms in total. The van der Waals surface area contributed by atoms with Crippen molar-refractivity contribution in [3.63, 3.8) is 0 Å². The molecule has 8 heteroatoms. The lowest BCUT2D eigenvalue weighted by atomic mass is 10.0. The normalized spacial score (nSPS) is 12.5. The van der Waals surface area contributed by atoms with E-state index in [9.17, 15) is 31.1 Å². The summed E-state index contributed by atoms with van der Waals surface area (Å²) >= 11 is 0. The first-order valence-electron chi connectivity index (χ1n) is 5.56. The second-order valence-corrected chi connectivity index (χ2v) is 4.20. The zero-order valence-corrected chi connectivity index (χ0v) is 10.1. The molecule has 0 spiro atoms. The van der Waals surface area contributed by atoms with Gasteiger partial charge in [-0.1, -0.05) is 12.1 Å². The highest BCUT2D eigenvalue weighted by Gasteiger charge is 2.32. The molecular formula is C13H7F6NO. The Hall–Kier alpha value is -2.25. The van der Waals surface area contributed by atoms with Crippen LogP contribution in [0.25, 0.3) is 11.1 Å². The van der Waals surface area contributed by atoms with E-state index < -0.39 is 29.0 Å². The molecule has 0 fully saturated rings. The third kappa shape index (κ3) is 3.26. The summed E-state index contributed by atoms with van der Waals surface area (Å²) < 4.78 is 74.9. The van der Waals surface area contributed by atoms with Crippen LogP contribution in [-0.2, 0) is 12.4 Å². The van der Waals surface area contributed by atoms with Crippen LogP contribution in [0, 0.1) is 0 Å². The van der Waals surface area contributed by atoms with E-state index in [1.165, 1.54) is 0 Å².